The summed E-state index contributed by atoms with van der Waals surface area (Å²) in [7, 11) is 0. The maximum Gasteiger partial charge on any atom is 0.303 e. The van der Waals surface area contributed by atoms with Gasteiger partial charge in [0, 0.05) is 34.3 Å². The van der Waals surface area contributed by atoms with Crippen LogP contribution in [-0.4, -0.2) is 94.1 Å². The Morgan fingerprint density at radius 1 is 0.788 bits per heavy atom. The summed E-state index contributed by atoms with van der Waals surface area (Å²) >= 11 is 0. The Kier molecular flexibility index (Phi) is 13.5. The van der Waals surface area contributed by atoms with Gasteiger partial charge in [-0.3, -0.25) is 19.2 Å². The van der Waals surface area contributed by atoms with Crippen LogP contribution in [0.15, 0.2) is 0 Å². The zero-order chi connectivity index (χ0) is 24.8. The number of carbonyl (C=O) groups is 4. The van der Waals surface area contributed by atoms with Crippen molar-refractivity contribution in [3.05, 3.63) is 0 Å². The Bertz CT molecular complexity index is 642. The molecule has 1 saturated heterocycles. The van der Waals surface area contributed by atoms with Crippen LogP contribution in [0, 0.1) is 0 Å². The standard InChI is InChI=1S/C21H35NO11/c1-6-7-27-8-9-28-10-11-29-21-18(22-13(2)23)20(32-16(5)26)19(31-15(4)25)17(33-21)12-30-14(3)24/h17-21H,6-12H2,1-5H3,(H,22,23)/t17?,18-,19-,20?,21+/m0/s1. The third-order valence-electron chi connectivity index (χ3n) is 4.30. The van der Waals surface area contributed by atoms with Crippen molar-refractivity contribution < 1.29 is 52.3 Å². The summed E-state index contributed by atoms with van der Waals surface area (Å²) in [5.74, 6) is -2.37. The van der Waals surface area contributed by atoms with Crippen LogP contribution in [0.3, 0.4) is 0 Å². The van der Waals surface area contributed by atoms with Gasteiger partial charge in [-0.2, -0.15) is 0 Å². The van der Waals surface area contributed by atoms with Gasteiger partial charge in [0.2, 0.25) is 5.91 Å². The highest BCUT2D eigenvalue weighted by Crippen LogP contribution is 2.28. The molecule has 0 bridgehead atoms. The fraction of sp³-hybridized carbons (Fsp3) is 0.810. The van der Waals surface area contributed by atoms with E-state index < -0.39 is 54.5 Å². The van der Waals surface area contributed by atoms with Gasteiger partial charge < -0.3 is 38.5 Å². The molecular weight excluding hydrogens is 442 g/mol. The fourth-order valence-corrected chi connectivity index (χ4v) is 3.12. The van der Waals surface area contributed by atoms with E-state index in [1.807, 2.05) is 6.92 Å². The SMILES string of the molecule is CCCOCCOCCO[C@@H]1OC(COC(C)=O)[C@H](OC(C)=O)C(OC(C)=O)[C@@H]1NC(C)=O. The van der Waals surface area contributed by atoms with Crippen LogP contribution >= 0.6 is 0 Å². The van der Waals surface area contributed by atoms with Gasteiger partial charge >= 0.3 is 17.9 Å². The van der Waals surface area contributed by atoms with E-state index in [0.717, 1.165) is 6.42 Å². The van der Waals surface area contributed by atoms with Crippen molar-refractivity contribution in [3.63, 3.8) is 0 Å². The first kappa shape index (κ1) is 28.8. The van der Waals surface area contributed by atoms with Crippen molar-refractivity contribution in [1.82, 2.24) is 5.32 Å². The molecule has 1 heterocycles. The van der Waals surface area contributed by atoms with Gasteiger partial charge in [0.25, 0.3) is 0 Å². The molecule has 1 aliphatic heterocycles. The van der Waals surface area contributed by atoms with Gasteiger partial charge in [-0.1, -0.05) is 6.92 Å². The summed E-state index contributed by atoms with van der Waals surface area (Å²) in [4.78, 5) is 46.6. The molecule has 1 rings (SSSR count). The van der Waals surface area contributed by atoms with E-state index >= 15 is 0 Å². The molecule has 2 unspecified atom stereocenters. The van der Waals surface area contributed by atoms with Crippen molar-refractivity contribution in [2.75, 3.05) is 39.6 Å². The molecule has 1 amide bonds. The maximum absolute atomic E-state index is 11.8. The van der Waals surface area contributed by atoms with Crippen LogP contribution in [-0.2, 0) is 52.3 Å². The van der Waals surface area contributed by atoms with Gasteiger partial charge in [0.05, 0.1) is 26.4 Å². The molecule has 0 aromatic carbocycles. The lowest BCUT2D eigenvalue weighted by atomic mass is 9.96. The lowest BCUT2D eigenvalue weighted by molar-refractivity contribution is -0.279. The predicted molar refractivity (Wildman–Crippen MR) is 112 cm³/mol. The lowest BCUT2D eigenvalue weighted by Crippen LogP contribution is -2.66. The predicted octanol–water partition coefficient (Wildman–Crippen LogP) is 0.102. The summed E-state index contributed by atoms with van der Waals surface area (Å²) in [6, 6.07) is -1.00. The Morgan fingerprint density at radius 2 is 1.36 bits per heavy atom. The molecule has 12 heteroatoms. The Hall–Kier alpha value is -2.28. The zero-order valence-corrected chi connectivity index (χ0v) is 19.8. The molecule has 12 nitrogen and oxygen atoms in total. The van der Waals surface area contributed by atoms with Gasteiger partial charge in [0.1, 0.15) is 18.8 Å². The molecule has 1 fully saturated rings. The van der Waals surface area contributed by atoms with Gasteiger partial charge in [-0.25, -0.2) is 0 Å². The quantitative estimate of drug-likeness (QED) is 0.207. The second-order valence-corrected chi connectivity index (χ2v) is 7.32. The molecule has 0 spiro atoms. The summed E-state index contributed by atoms with van der Waals surface area (Å²) in [5.41, 5.74) is 0. The molecule has 5 atom stereocenters. The van der Waals surface area contributed by atoms with Gasteiger partial charge in [0.15, 0.2) is 18.5 Å². The lowest BCUT2D eigenvalue weighted by Gasteiger charge is -2.44. The largest absolute Gasteiger partial charge is 0.463 e. The summed E-state index contributed by atoms with van der Waals surface area (Å²) in [6.07, 6.45) is -3.52. The van der Waals surface area contributed by atoms with Crippen LogP contribution in [0.1, 0.15) is 41.0 Å². The van der Waals surface area contributed by atoms with E-state index in [-0.39, 0.29) is 19.8 Å². The van der Waals surface area contributed by atoms with E-state index in [1.165, 1.54) is 27.7 Å². The zero-order valence-electron chi connectivity index (χ0n) is 19.8. The van der Waals surface area contributed by atoms with E-state index in [0.29, 0.717) is 19.8 Å². The van der Waals surface area contributed by atoms with E-state index in [9.17, 15) is 19.2 Å². The first-order valence-corrected chi connectivity index (χ1v) is 10.8. The molecule has 0 aromatic heterocycles. The number of nitrogens with one attached hydrogen (secondary N) is 1. The molecule has 1 aliphatic rings. The number of ether oxygens (including phenoxy) is 7. The van der Waals surface area contributed by atoms with E-state index in [4.69, 9.17) is 33.2 Å². The van der Waals surface area contributed by atoms with Crippen LogP contribution in [0.25, 0.3) is 0 Å². The highest BCUT2D eigenvalue weighted by molar-refractivity contribution is 5.73. The Labute approximate surface area is 193 Å². The summed E-state index contributed by atoms with van der Waals surface area (Å²) in [6.45, 7) is 8.32. The molecule has 0 aromatic rings. The third-order valence-corrected chi connectivity index (χ3v) is 4.30. The van der Waals surface area contributed by atoms with Crippen LogP contribution in [0.4, 0.5) is 0 Å². The molecular formula is C21H35NO11. The van der Waals surface area contributed by atoms with Crippen molar-refractivity contribution in [2.45, 2.75) is 71.7 Å². The number of rotatable bonds is 14. The molecule has 1 N–H and O–H groups in total. The van der Waals surface area contributed by atoms with Crippen molar-refractivity contribution >= 4 is 23.8 Å². The van der Waals surface area contributed by atoms with Gasteiger partial charge in [-0.15, -0.1) is 0 Å². The van der Waals surface area contributed by atoms with Crippen LogP contribution < -0.4 is 5.32 Å². The second-order valence-electron chi connectivity index (χ2n) is 7.32. The van der Waals surface area contributed by atoms with Gasteiger partial charge in [-0.05, 0) is 6.42 Å². The molecule has 0 aliphatic carbocycles. The topological polar surface area (TPSA) is 145 Å². The first-order chi connectivity index (χ1) is 15.6. The number of esters is 3. The average molecular weight is 478 g/mol. The second kappa shape index (κ2) is 15.5. The minimum absolute atomic E-state index is 0.0832. The number of amides is 1. The van der Waals surface area contributed by atoms with Crippen molar-refractivity contribution in [2.24, 2.45) is 0 Å². The minimum atomic E-state index is -1.16. The highest BCUT2D eigenvalue weighted by Gasteiger charge is 2.51. The molecule has 0 saturated carbocycles. The summed E-state index contributed by atoms with van der Waals surface area (Å²) in [5, 5.41) is 2.63. The Morgan fingerprint density at radius 3 is 1.91 bits per heavy atom. The normalized spacial score (nSPS) is 24.6. The van der Waals surface area contributed by atoms with Crippen molar-refractivity contribution in [3.8, 4) is 0 Å². The monoisotopic (exact) mass is 477 g/mol. The molecule has 33 heavy (non-hydrogen) atoms. The number of carbonyl (C=O) groups excluding carboxylic acids is 4. The van der Waals surface area contributed by atoms with Crippen LogP contribution in [0.5, 0.6) is 0 Å². The fourth-order valence-electron chi connectivity index (χ4n) is 3.12. The number of hydrogen-bond donors (Lipinski definition) is 1. The van der Waals surface area contributed by atoms with E-state index in [1.54, 1.807) is 0 Å². The number of hydrogen-bond acceptors (Lipinski definition) is 11. The highest BCUT2D eigenvalue weighted by atomic mass is 16.7. The Balaban J connectivity index is 2.95. The smallest absolute Gasteiger partial charge is 0.303 e. The van der Waals surface area contributed by atoms with Crippen molar-refractivity contribution in [1.29, 1.82) is 0 Å². The third kappa shape index (κ3) is 11.4. The van der Waals surface area contributed by atoms with E-state index in [2.05, 4.69) is 5.32 Å². The van der Waals surface area contributed by atoms with Crippen LogP contribution in [0.2, 0.25) is 0 Å². The first-order valence-electron chi connectivity index (χ1n) is 10.8. The average Bonchev–Trinajstić information content (AvgIpc) is 2.71. The maximum atomic E-state index is 11.8. The minimum Gasteiger partial charge on any atom is -0.463 e. The molecule has 190 valence electrons. The summed E-state index contributed by atoms with van der Waals surface area (Å²) < 4.78 is 38.1. The molecule has 0 radical (unpaired) electrons.